The average molecular weight is 201 g/mol. The first-order chi connectivity index (χ1) is 6.68. The molecule has 0 aromatic carbocycles. The van der Waals surface area contributed by atoms with Crippen molar-refractivity contribution in [2.24, 2.45) is 11.3 Å². The van der Waals surface area contributed by atoms with Crippen molar-refractivity contribution in [1.29, 1.82) is 0 Å². The minimum absolute atomic E-state index is 0.218. The van der Waals surface area contributed by atoms with E-state index >= 15 is 0 Å². The maximum absolute atomic E-state index is 12.0. The Labute approximate surface area is 85.2 Å². The lowest BCUT2D eigenvalue weighted by Crippen LogP contribution is -2.65. The fourth-order valence-electron chi connectivity index (χ4n) is 3.06. The van der Waals surface area contributed by atoms with E-state index in [1.165, 1.54) is 6.42 Å². The van der Waals surface area contributed by atoms with Gasteiger partial charge in [0.15, 0.2) is 0 Å². The minimum atomic E-state index is -0.218. The van der Waals surface area contributed by atoms with Crippen LogP contribution < -0.4 is 5.32 Å². The smallest absolute Gasteiger partial charge is 0.0906 e. The molecule has 0 bridgehead atoms. The molecule has 2 rings (SSSR count). The zero-order valence-electron chi connectivity index (χ0n) is 9.05. The molecule has 0 amide bonds. The lowest BCUT2D eigenvalue weighted by atomic mass is 9.57. The van der Waals surface area contributed by atoms with E-state index in [0.717, 1.165) is 13.2 Å². The van der Waals surface area contributed by atoms with Crippen molar-refractivity contribution < 1.29 is 9.13 Å². The highest BCUT2D eigenvalue weighted by Crippen LogP contribution is 2.51. The molecule has 1 saturated heterocycles. The number of alkyl halides is 1. The zero-order chi connectivity index (χ0) is 10.2. The van der Waals surface area contributed by atoms with Crippen LogP contribution in [-0.4, -0.2) is 32.0 Å². The van der Waals surface area contributed by atoms with E-state index in [9.17, 15) is 4.39 Å². The first-order valence-electron chi connectivity index (χ1n) is 5.59. The van der Waals surface area contributed by atoms with E-state index in [4.69, 9.17) is 4.74 Å². The maximum Gasteiger partial charge on any atom is 0.0906 e. The van der Waals surface area contributed by atoms with Crippen LogP contribution in [-0.2, 0) is 4.74 Å². The van der Waals surface area contributed by atoms with Gasteiger partial charge in [0, 0.05) is 24.0 Å². The van der Waals surface area contributed by atoms with Crippen molar-refractivity contribution in [3.8, 4) is 0 Å². The second-order valence-corrected chi connectivity index (χ2v) is 5.04. The average Bonchev–Trinajstić information content (AvgIpc) is 2.58. The van der Waals surface area contributed by atoms with Crippen molar-refractivity contribution in [3.05, 3.63) is 0 Å². The number of ether oxygens (including phenoxy) is 1. The molecule has 3 unspecified atom stereocenters. The van der Waals surface area contributed by atoms with Crippen LogP contribution in [0.4, 0.5) is 4.39 Å². The molecular weight excluding hydrogens is 181 g/mol. The summed E-state index contributed by atoms with van der Waals surface area (Å²) in [6.45, 7) is 5.97. The molecule has 2 aliphatic rings. The van der Waals surface area contributed by atoms with Gasteiger partial charge in [0.25, 0.3) is 0 Å². The molecular formula is C11H20FNO. The Morgan fingerprint density at radius 2 is 2.29 bits per heavy atom. The number of hydrogen-bond acceptors (Lipinski definition) is 2. The molecule has 3 heteroatoms. The molecule has 2 nitrogen and oxygen atoms in total. The quantitative estimate of drug-likeness (QED) is 0.700. The van der Waals surface area contributed by atoms with Gasteiger partial charge in [0.1, 0.15) is 0 Å². The number of hydrogen-bond donors (Lipinski definition) is 1. The lowest BCUT2D eigenvalue weighted by molar-refractivity contribution is -0.112. The number of rotatable bonds is 4. The van der Waals surface area contributed by atoms with Crippen LogP contribution >= 0.6 is 0 Å². The molecule has 1 aliphatic carbocycles. The van der Waals surface area contributed by atoms with Crippen molar-refractivity contribution in [3.63, 3.8) is 0 Å². The van der Waals surface area contributed by atoms with Crippen molar-refractivity contribution in [1.82, 2.24) is 5.32 Å². The van der Waals surface area contributed by atoms with Gasteiger partial charge in [-0.25, -0.2) is 0 Å². The van der Waals surface area contributed by atoms with Gasteiger partial charge < -0.3 is 10.1 Å². The van der Waals surface area contributed by atoms with Crippen LogP contribution in [0.15, 0.2) is 0 Å². The van der Waals surface area contributed by atoms with Gasteiger partial charge in [0.2, 0.25) is 0 Å². The monoisotopic (exact) mass is 201 g/mol. The molecule has 0 spiro atoms. The topological polar surface area (TPSA) is 21.3 Å². The second kappa shape index (κ2) is 3.78. The van der Waals surface area contributed by atoms with E-state index in [-0.39, 0.29) is 12.1 Å². The summed E-state index contributed by atoms with van der Waals surface area (Å²) in [4.78, 5) is 0. The molecule has 0 aromatic rings. The lowest BCUT2D eigenvalue weighted by Gasteiger charge is -2.55. The normalized spacial score (nSPS) is 39.2. The Kier molecular flexibility index (Phi) is 2.80. The van der Waals surface area contributed by atoms with Gasteiger partial charge in [0.05, 0.1) is 12.8 Å². The molecule has 14 heavy (non-hydrogen) atoms. The van der Waals surface area contributed by atoms with Crippen LogP contribution in [0.5, 0.6) is 0 Å². The predicted octanol–water partition coefficient (Wildman–Crippen LogP) is 1.75. The number of nitrogens with one attached hydrogen (secondary N) is 1. The Bertz CT molecular complexity index is 207. The maximum atomic E-state index is 12.0. The van der Waals surface area contributed by atoms with E-state index in [0.29, 0.717) is 24.5 Å². The first-order valence-corrected chi connectivity index (χ1v) is 5.59. The number of fused-ring (bicyclic) bond motifs is 1. The summed E-state index contributed by atoms with van der Waals surface area (Å²) in [6.07, 6.45) is 2.23. The number of halogens is 1. The Morgan fingerprint density at radius 3 is 3.00 bits per heavy atom. The van der Waals surface area contributed by atoms with Gasteiger partial charge in [-0.1, -0.05) is 13.8 Å². The highest BCUT2D eigenvalue weighted by atomic mass is 19.1. The highest BCUT2D eigenvalue weighted by molar-refractivity contribution is 5.11. The van der Waals surface area contributed by atoms with Crippen LogP contribution in [0.1, 0.15) is 26.7 Å². The summed E-state index contributed by atoms with van der Waals surface area (Å²) in [6, 6.07) is 0.529. The summed E-state index contributed by atoms with van der Waals surface area (Å²) in [5.74, 6) is 0.671. The van der Waals surface area contributed by atoms with Crippen molar-refractivity contribution >= 4 is 0 Å². The summed E-state index contributed by atoms with van der Waals surface area (Å²) in [5.41, 5.74) is 0.234. The largest absolute Gasteiger partial charge is 0.377 e. The molecule has 0 aromatic heterocycles. The Hall–Kier alpha value is -0.150. The van der Waals surface area contributed by atoms with Gasteiger partial charge in [-0.15, -0.1) is 0 Å². The SMILES string of the molecule is CC1(C)C(NCCCF)C2CCOC21. The summed E-state index contributed by atoms with van der Waals surface area (Å²) >= 11 is 0. The Morgan fingerprint density at radius 1 is 1.50 bits per heavy atom. The fraction of sp³-hybridized carbons (Fsp3) is 1.00. The first kappa shape index (κ1) is 10.4. The van der Waals surface area contributed by atoms with Gasteiger partial charge >= 0.3 is 0 Å². The van der Waals surface area contributed by atoms with E-state index < -0.39 is 0 Å². The molecule has 2 fully saturated rings. The minimum Gasteiger partial charge on any atom is -0.377 e. The molecule has 1 saturated carbocycles. The molecule has 3 atom stereocenters. The molecule has 1 N–H and O–H groups in total. The highest BCUT2D eigenvalue weighted by Gasteiger charge is 2.58. The zero-order valence-corrected chi connectivity index (χ0v) is 9.05. The predicted molar refractivity (Wildman–Crippen MR) is 54.0 cm³/mol. The third-order valence-corrected chi connectivity index (χ3v) is 3.78. The van der Waals surface area contributed by atoms with Crippen LogP contribution in [0.2, 0.25) is 0 Å². The third-order valence-electron chi connectivity index (χ3n) is 3.78. The summed E-state index contributed by atoms with van der Waals surface area (Å²) < 4.78 is 17.7. The summed E-state index contributed by atoms with van der Waals surface area (Å²) in [7, 11) is 0. The van der Waals surface area contributed by atoms with Crippen LogP contribution in [0.3, 0.4) is 0 Å². The van der Waals surface area contributed by atoms with Crippen molar-refractivity contribution in [2.45, 2.75) is 38.8 Å². The van der Waals surface area contributed by atoms with Gasteiger partial charge in [-0.3, -0.25) is 4.39 Å². The van der Waals surface area contributed by atoms with E-state index in [1.54, 1.807) is 0 Å². The Balaban J connectivity index is 1.86. The molecule has 1 aliphatic heterocycles. The van der Waals surface area contributed by atoms with Crippen LogP contribution in [0.25, 0.3) is 0 Å². The van der Waals surface area contributed by atoms with E-state index in [2.05, 4.69) is 19.2 Å². The second-order valence-electron chi connectivity index (χ2n) is 5.04. The standard InChI is InChI=1S/C11H20FNO/c1-11(2)9(13-6-3-5-12)8-4-7-14-10(8)11/h8-10,13H,3-7H2,1-2H3. The van der Waals surface area contributed by atoms with Gasteiger partial charge in [-0.05, 0) is 19.4 Å². The molecule has 0 radical (unpaired) electrons. The summed E-state index contributed by atoms with van der Waals surface area (Å²) in [5, 5.41) is 3.46. The third kappa shape index (κ3) is 1.47. The van der Waals surface area contributed by atoms with E-state index in [1.807, 2.05) is 0 Å². The van der Waals surface area contributed by atoms with Crippen molar-refractivity contribution in [2.75, 3.05) is 19.8 Å². The van der Waals surface area contributed by atoms with Gasteiger partial charge in [-0.2, -0.15) is 0 Å². The molecule has 82 valence electrons. The van der Waals surface area contributed by atoms with Crippen LogP contribution in [0, 0.1) is 11.3 Å². The molecule has 1 heterocycles. The fourth-order valence-corrected chi connectivity index (χ4v) is 3.06.